The highest BCUT2D eigenvalue weighted by Crippen LogP contribution is 2.32. The lowest BCUT2D eigenvalue weighted by atomic mass is 9.78. The minimum Gasteiger partial charge on any atom is -0.378 e. The van der Waals surface area contributed by atoms with Gasteiger partial charge in [-0.3, -0.25) is 19.4 Å². The summed E-state index contributed by atoms with van der Waals surface area (Å²) in [6.07, 6.45) is 11.4. The number of carbonyl (C=O) groups is 3. The SMILES string of the molecule is Cc1ncsc1-c1ccc(CNC(=O)[C@@H]2CCCN2C(=O)C(NC(=O)COCCNCCN=CC(COCCOCCOCCNC2(Cc3cccc(Nc4nccs4)n3)CCCCC2)=NN)C(C)(C)C)cc1. The minimum absolute atomic E-state index is 0.0142. The van der Waals surface area contributed by atoms with E-state index >= 15 is 0 Å². The average molecular weight is 1050 g/mol. The molecule has 1 saturated heterocycles. The van der Waals surface area contributed by atoms with Crippen molar-refractivity contribution in [2.75, 3.05) is 90.9 Å². The number of nitrogens with two attached hydrogens (primary N) is 1. The number of nitrogens with zero attached hydrogens (tertiary/aromatic N) is 6. The van der Waals surface area contributed by atoms with Gasteiger partial charge in [-0.05, 0) is 61.3 Å². The van der Waals surface area contributed by atoms with E-state index < -0.39 is 23.4 Å². The van der Waals surface area contributed by atoms with E-state index in [1.807, 2.05) is 68.9 Å². The van der Waals surface area contributed by atoms with Crippen LogP contribution in [0.25, 0.3) is 10.4 Å². The summed E-state index contributed by atoms with van der Waals surface area (Å²) in [6.45, 7) is 13.4. The molecule has 21 heteroatoms. The highest BCUT2D eigenvalue weighted by atomic mass is 32.1. The van der Waals surface area contributed by atoms with Gasteiger partial charge in [0.15, 0.2) is 5.13 Å². The molecule has 2 atom stereocenters. The first kappa shape index (κ1) is 57.0. The number of ether oxygens (including phenoxy) is 4. The summed E-state index contributed by atoms with van der Waals surface area (Å²) in [5.74, 6) is 5.49. The number of anilines is 2. The van der Waals surface area contributed by atoms with Gasteiger partial charge < -0.3 is 56.3 Å². The van der Waals surface area contributed by atoms with E-state index in [-0.39, 0.29) is 37.2 Å². The van der Waals surface area contributed by atoms with Gasteiger partial charge in [-0.25, -0.2) is 15.0 Å². The Morgan fingerprint density at radius 2 is 1.66 bits per heavy atom. The van der Waals surface area contributed by atoms with Crippen LogP contribution in [0.4, 0.5) is 10.9 Å². The molecule has 19 nitrogen and oxygen atoms in total. The second-order valence-electron chi connectivity index (χ2n) is 19.4. The fourth-order valence-corrected chi connectivity index (χ4v) is 10.2. The van der Waals surface area contributed by atoms with Crippen LogP contribution in [0.15, 0.2) is 69.6 Å². The number of aromatic nitrogens is 3. The molecule has 2 fully saturated rings. The second kappa shape index (κ2) is 30.2. The fraction of sp³-hybridized carbons (Fsp3) is 0.577. The number of likely N-dealkylation sites (tertiary alicyclic amines) is 1. The molecule has 0 bridgehead atoms. The van der Waals surface area contributed by atoms with Gasteiger partial charge >= 0.3 is 0 Å². The Balaban J connectivity index is 0.764. The molecule has 1 unspecified atom stereocenters. The van der Waals surface area contributed by atoms with Crippen LogP contribution in [0.5, 0.6) is 0 Å². The number of aliphatic imine (C=N–C) groups is 1. The number of rotatable bonds is 31. The number of aryl methyl sites for hydroxylation is 1. The van der Waals surface area contributed by atoms with Crippen LogP contribution in [-0.2, 0) is 46.3 Å². The molecule has 1 aliphatic carbocycles. The molecule has 3 amide bonds. The number of hydrazone groups is 1. The monoisotopic (exact) mass is 1040 g/mol. The normalized spacial score (nSPS) is 16.5. The lowest BCUT2D eigenvalue weighted by molar-refractivity contribution is -0.144. The van der Waals surface area contributed by atoms with Gasteiger partial charge in [-0.15, -0.1) is 22.7 Å². The number of benzene rings is 1. The molecule has 4 aromatic rings. The van der Waals surface area contributed by atoms with Crippen LogP contribution in [0, 0.1) is 12.3 Å². The zero-order valence-corrected chi connectivity index (χ0v) is 44.6. The van der Waals surface area contributed by atoms with E-state index in [1.54, 1.807) is 40.0 Å². The topological polar surface area (TPSA) is 241 Å². The Bertz CT molecular complexity index is 2340. The van der Waals surface area contributed by atoms with E-state index in [1.165, 1.54) is 19.3 Å². The third-order valence-electron chi connectivity index (χ3n) is 12.7. The summed E-state index contributed by atoms with van der Waals surface area (Å²) >= 11 is 3.15. The van der Waals surface area contributed by atoms with Crippen LogP contribution in [0.2, 0.25) is 0 Å². The molecular weight excluding hydrogens is 969 g/mol. The Morgan fingerprint density at radius 3 is 2.38 bits per heavy atom. The molecule has 1 aromatic carbocycles. The smallest absolute Gasteiger partial charge is 0.246 e. The van der Waals surface area contributed by atoms with E-state index in [2.05, 4.69) is 58.8 Å². The number of hydrogen-bond acceptors (Lipinski definition) is 18. The third-order valence-corrected chi connectivity index (χ3v) is 14.4. The summed E-state index contributed by atoms with van der Waals surface area (Å²) in [4.78, 5) is 60.9. The van der Waals surface area contributed by atoms with E-state index in [0.29, 0.717) is 84.3 Å². The van der Waals surface area contributed by atoms with Crippen molar-refractivity contribution in [1.29, 1.82) is 0 Å². The van der Waals surface area contributed by atoms with Gasteiger partial charge in [0.25, 0.3) is 0 Å². The summed E-state index contributed by atoms with van der Waals surface area (Å²) < 4.78 is 22.9. The molecule has 398 valence electrons. The van der Waals surface area contributed by atoms with Crippen LogP contribution in [0.3, 0.4) is 0 Å². The molecule has 7 N–H and O–H groups in total. The zero-order valence-electron chi connectivity index (χ0n) is 43.0. The molecule has 4 heterocycles. The number of nitrogens with one attached hydrogen (secondary N) is 5. The molecule has 3 aromatic heterocycles. The maximum Gasteiger partial charge on any atom is 0.246 e. The summed E-state index contributed by atoms with van der Waals surface area (Å²) in [5.41, 5.74) is 5.85. The average Bonchev–Trinajstić information content (AvgIpc) is 4.19. The van der Waals surface area contributed by atoms with Crippen LogP contribution in [0.1, 0.15) is 82.7 Å². The lowest BCUT2D eigenvalue weighted by Gasteiger charge is -2.38. The van der Waals surface area contributed by atoms with E-state index in [0.717, 1.165) is 64.1 Å². The first-order valence-corrected chi connectivity index (χ1v) is 27.2. The van der Waals surface area contributed by atoms with Gasteiger partial charge in [0.05, 0.1) is 68.9 Å². The Kier molecular flexibility index (Phi) is 23.6. The van der Waals surface area contributed by atoms with Crippen molar-refractivity contribution in [3.63, 3.8) is 0 Å². The van der Waals surface area contributed by atoms with Gasteiger partial charge in [0.1, 0.15) is 30.2 Å². The predicted octanol–water partition coefficient (Wildman–Crippen LogP) is 5.43. The molecule has 2 aliphatic rings. The summed E-state index contributed by atoms with van der Waals surface area (Å²) in [7, 11) is 0. The van der Waals surface area contributed by atoms with Crippen LogP contribution >= 0.6 is 22.7 Å². The van der Waals surface area contributed by atoms with Gasteiger partial charge in [-0.1, -0.05) is 70.4 Å². The van der Waals surface area contributed by atoms with Crippen molar-refractivity contribution >= 4 is 63.3 Å². The van der Waals surface area contributed by atoms with Crippen molar-refractivity contribution in [1.82, 2.24) is 41.1 Å². The van der Waals surface area contributed by atoms with Crippen molar-refractivity contribution in [2.45, 2.75) is 103 Å². The third kappa shape index (κ3) is 19.2. The Hall–Kier alpha value is -5.26. The molecular formula is C52H76N12O7S2. The molecule has 0 radical (unpaired) electrons. The number of thiazole rings is 2. The molecule has 1 saturated carbocycles. The van der Waals surface area contributed by atoms with Gasteiger partial charge in [-0.2, -0.15) is 5.10 Å². The molecule has 0 spiro atoms. The van der Waals surface area contributed by atoms with Gasteiger partial charge in [0, 0.05) is 68.2 Å². The second-order valence-corrected chi connectivity index (χ2v) is 21.1. The number of pyridine rings is 1. The van der Waals surface area contributed by atoms with Crippen molar-refractivity contribution in [3.05, 3.63) is 76.5 Å². The number of amides is 3. The fourth-order valence-electron chi connectivity index (χ4n) is 8.87. The molecule has 73 heavy (non-hydrogen) atoms. The molecule has 1 aliphatic heterocycles. The van der Waals surface area contributed by atoms with Crippen LogP contribution < -0.4 is 32.4 Å². The van der Waals surface area contributed by atoms with E-state index in [9.17, 15) is 14.4 Å². The first-order valence-electron chi connectivity index (χ1n) is 25.5. The maximum atomic E-state index is 13.9. The van der Waals surface area contributed by atoms with Crippen LogP contribution in [-0.4, -0.2) is 153 Å². The molecule has 6 rings (SSSR count). The minimum atomic E-state index is -0.835. The highest BCUT2D eigenvalue weighted by Gasteiger charge is 2.42. The quantitative estimate of drug-likeness (QED) is 0.0160. The number of hydrogen-bond donors (Lipinski definition) is 6. The Morgan fingerprint density at radius 1 is 0.904 bits per heavy atom. The van der Waals surface area contributed by atoms with Crippen molar-refractivity contribution in [3.8, 4) is 10.4 Å². The van der Waals surface area contributed by atoms with E-state index in [4.69, 9.17) is 29.8 Å². The highest BCUT2D eigenvalue weighted by molar-refractivity contribution is 7.13. The maximum absolute atomic E-state index is 13.9. The standard InChI is InChI=1S/C52H76N12O7S2/c1-38-46(73-37-58-38)40-15-13-39(14-16-40)33-57-48(66)43-11-9-24-64(43)49(67)47(51(2,3)4)62-45(65)36-70-25-21-54-19-20-55-34-42(63-53)35-71-30-29-69-28-27-68-26-22-59-52(17-6-5-7-18-52)32-41-10-8-12-44(60-41)61-50-56-23-31-72-50/h8,10,12-16,23,31,34,37,43,47,54,59H,5-7,9,11,17-22,24-30,32-33,35-36,53H2,1-4H3,(H,57,66)(H,62,65)(H,56,60,61)/t43-,47?/m0/s1. The lowest BCUT2D eigenvalue weighted by Crippen LogP contribution is -2.58. The predicted molar refractivity (Wildman–Crippen MR) is 289 cm³/mol. The van der Waals surface area contributed by atoms with Gasteiger partial charge in [0.2, 0.25) is 17.7 Å². The van der Waals surface area contributed by atoms with Crippen molar-refractivity contribution in [2.24, 2.45) is 21.4 Å². The summed E-state index contributed by atoms with van der Waals surface area (Å²) in [5, 5.41) is 22.8. The largest absolute Gasteiger partial charge is 0.378 e. The van der Waals surface area contributed by atoms with Crippen molar-refractivity contribution < 1.29 is 33.3 Å². The summed E-state index contributed by atoms with van der Waals surface area (Å²) in [6, 6.07) is 12.7. The Labute approximate surface area is 438 Å². The first-order chi connectivity index (χ1) is 35.4. The zero-order chi connectivity index (χ0) is 51.7. The number of carbonyl (C=O) groups excluding carboxylic acids is 3.